The van der Waals surface area contributed by atoms with Crippen LogP contribution < -0.4 is 10.2 Å². The lowest BCUT2D eigenvalue weighted by molar-refractivity contribution is 0.0969. The predicted molar refractivity (Wildman–Crippen MR) is 82.2 cm³/mol. The standard InChI is InChI=1S/C15H26N4O/c1-4-6-13-17-14(16-5-2)9-15(18-13)19-8-7-12(20)11(3)10-19/h9,11-12,20H,4-8,10H2,1-3H3,(H,16,17,18). The zero-order valence-electron chi connectivity index (χ0n) is 12.8. The van der Waals surface area contributed by atoms with Crippen molar-refractivity contribution in [3.8, 4) is 0 Å². The van der Waals surface area contributed by atoms with Crippen LogP contribution in [0.2, 0.25) is 0 Å². The van der Waals surface area contributed by atoms with Gasteiger partial charge in [-0.15, -0.1) is 0 Å². The van der Waals surface area contributed by atoms with E-state index in [-0.39, 0.29) is 12.0 Å². The summed E-state index contributed by atoms with van der Waals surface area (Å²) in [4.78, 5) is 11.5. The number of hydrogen-bond donors (Lipinski definition) is 2. The molecule has 1 aromatic heterocycles. The summed E-state index contributed by atoms with van der Waals surface area (Å²) in [6.07, 6.45) is 2.57. The van der Waals surface area contributed by atoms with Gasteiger partial charge in [0.2, 0.25) is 0 Å². The first-order valence-corrected chi connectivity index (χ1v) is 7.68. The molecule has 1 saturated heterocycles. The summed E-state index contributed by atoms with van der Waals surface area (Å²) in [5.41, 5.74) is 0. The smallest absolute Gasteiger partial charge is 0.134 e. The minimum Gasteiger partial charge on any atom is -0.393 e. The van der Waals surface area contributed by atoms with Crippen LogP contribution in [0, 0.1) is 5.92 Å². The molecule has 0 bridgehead atoms. The fraction of sp³-hybridized carbons (Fsp3) is 0.733. The number of aromatic nitrogens is 2. The lowest BCUT2D eigenvalue weighted by Gasteiger charge is -2.35. The monoisotopic (exact) mass is 278 g/mol. The Morgan fingerprint density at radius 1 is 1.40 bits per heavy atom. The molecule has 5 nitrogen and oxygen atoms in total. The van der Waals surface area contributed by atoms with Crippen molar-refractivity contribution in [3.05, 3.63) is 11.9 Å². The van der Waals surface area contributed by atoms with Gasteiger partial charge in [0.1, 0.15) is 17.5 Å². The number of aliphatic hydroxyl groups excluding tert-OH is 1. The van der Waals surface area contributed by atoms with Gasteiger partial charge in [0.05, 0.1) is 6.10 Å². The topological polar surface area (TPSA) is 61.3 Å². The van der Waals surface area contributed by atoms with Gasteiger partial charge in [-0.25, -0.2) is 9.97 Å². The second-order valence-corrected chi connectivity index (χ2v) is 5.59. The summed E-state index contributed by atoms with van der Waals surface area (Å²) < 4.78 is 0. The number of piperidine rings is 1. The van der Waals surface area contributed by atoms with E-state index in [1.807, 2.05) is 6.07 Å². The molecule has 0 aliphatic carbocycles. The van der Waals surface area contributed by atoms with Crippen molar-refractivity contribution in [2.45, 2.75) is 46.1 Å². The Morgan fingerprint density at radius 2 is 2.20 bits per heavy atom. The average molecular weight is 278 g/mol. The van der Waals surface area contributed by atoms with Gasteiger partial charge < -0.3 is 15.3 Å². The molecule has 2 N–H and O–H groups in total. The highest BCUT2D eigenvalue weighted by molar-refractivity contribution is 5.49. The Bertz CT molecular complexity index is 414. The molecule has 5 heteroatoms. The molecular weight excluding hydrogens is 252 g/mol. The molecule has 0 aromatic carbocycles. The maximum absolute atomic E-state index is 9.85. The Labute approximate surface area is 121 Å². The van der Waals surface area contributed by atoms with Crippen LogP contribution in [0.5, 0.6) is 0 Å². The van der Waals surface area contributed by atoms with Crippen LogP contribution in [0.15, 0.2) is 6.07 Å². The lowest BCUT2D eigenvalue weighted by Crippen LogP contribution is -2.42. The highest BCUT2D eigenvalue weighted by atomic mass is 16.3. The van der Waals surface area contributed by atoms with Crippen molar-refractivity contribution < 1.29 is 5.11 Å². The summed E-state index contributed by atoms with van der Waals surface area (Å²) in [6.45, 7) is 8.88. The first-order chi connectivity index (χ1) is 9.63. The highest BCUT2D eigenvalue weighted by Crippen LogP contribution is 2.23. The van der Waals surface area contributed by atoms with Gasteiger partial charge in [0.15, 0.2) is 0 Å². The predicted octanol–water partition coefficient (Wildman–Crippen LogP) is 2.07. The molecule has 0 saturated carbocycles. The number of nitrogens with one attached hydrogen (secondary N) is 1. The third-order valence-electron chi connectivity index (χ3n) is 3.77. The second-order valence-electron chi connectivity index (χ2n) is 5.59. The number of aryl methyl sites for hydroxylation is 1. The van der Waals surface area contributed by atoms with E-state index in [0.717, 1.165) is 56.4 Å². The molecule has 1 fully saturated rings. The zero-order valence-corrected chi connectivity index (χ0v) is 12.8. The Hall–Kier alpha value is -1.36. The van der Waals surface area contributed by atoms with Crippen LogP contribution in [-0.2, 0) is 6.42 Å². The fourth-order valence-electron chi connectivity index (χ4n) is 2.59. The van der Waals surface area contributed by atoms with Crippen molar-refractivity contribution in [2.75, 3.05) is 29.9 Å². The minimum atomic E-state index is -0.184. The van der Waals surface area contributed by atoms with Crippen LogP contribution in [-0.4, -0.2) is 40.8 Å². The van der Waals surface area contributed by atoms with Crippen molar-refractivity contribution >= 4 is 11.6 Å². The van der Waals surface area contributed by atoms with Crippen LogP contribution >= 0.6 is 0 Å². The SMILES string of the molecule is CCCc1nc(NCC)cc(N2CCC(O)C(C)C2)n1. The Kier molecular flexibility index (Phi) is 5.17. The summed E-state index contributed by atoms with van der Waals surface area (Å²) in [7, 11) is 0. The van der Waals surface area contributed by atoms with E-state index >= 15 is 0 Å². The molecule has 20 heavy (non-hydrogen) atoms. The molecule has 2 unspecified atom stereocenters. The number of anilines is 2. The Morgan fingerprint density at radius 3 is 2.85 bits per heavy atom. The van der Waals surface area contributed by atoms with E-state index in [4.69, 9.17) is 0 Å². The molecule has 2 heterocycles. The van der Waals surface area contributed by atoms with E-state index in [9.17, 15) is 5.11 Å². The first-order valence-electron chi connectivity index (χ1n) is 7.68. The van der Waals surface area contributed by atoms with Crippen LogP contribution in [0.1, 0.15) is 39.4 Å². The molecule has 0 spiro atoms. The van der Waals surface area contributed by atoms with Crippen LogP contribution in [0.3, 0.4) is 0 Å². The van der Waals surface area contributed by atoms with Crippen molar-refractivity contribution in [2.24, 2.45) is 5.92 Å². The van der Waals surface area contributed by atoms with Gasteiger partial charge in [0, 0.05) is 32.1 Å². The zero-order chi connectivity index (χ0) is 14.5. The first kappa shape index (κ1) is 15.0. The number of rotatable bonds is 5. The molecule has 1 aromatic rings. The fourth-order valence-corrected chi connectivity index (χ4v) is 2.59. The lowest BCUT2D eigenvalue weighted by atomic mass is 9.97. The van der Waals surface area contributed by atoms with Crippen molar-refractivity contribution in [1.29, 1.82) is 0 Å². The molecule has 1 aliphatic rings. The van der Waals surface area contributed by atoms with E-state index in [1.165, 1.54) is 0 Å². The van der Waals surface area contributed by atoms with Crippen LogP contribution in [0.25, 0.3) is 0 Å². The molecule has 112 valence electrons. The largest absolute Gasteiger partial charge is 0.393 e. The van der Waals surface area contributed by atoms with Gasteiger partial charge in [-0.3, -0.25) is 0 Å². The van der Waals surface area contributed by atoms with Gasteiger partial charge in [0.25, 0.3) is 0 Å². The normalized spacial score (nSPS) is 22.9. The van der Waals surface area contributed by atoms with E-state index in [2.05, 4.69) is 41.0 Å². The molecule has 1 aliphatic heterocycles. The minimum absolute atomic E-state index is 0.184. The number of aliphatic hydroxyl groups is 1. The summed E-state index contributed by atoms with van der Waals surface area (Å²) in [5.74, 6) is 3.08. The van der Waals surface area contributed by atoms with Crippen molar-refractivity contribution in [1.82, 2.24) is 9.97 Å². The molecule has 2 rings (SSSR count). The molecular formula is C15H26N4O. The highest BCUT2D eigenvalue weighted by Gasteiger charge is 2.25. The number of hydrogen-bond acceptors (Lipinski definition) is 5. The van der Waals surface area contributed by atoms with Gasteiger partial charge in [-0.05, 0) is 25.7 Å². The summed E-state index contributed by atoms with van der Waals surface area (Å²) in [5, 5.41) is 13.1. The third-order valence-corrected chi connectivity index (χ3v) is 3.77. The number of nitrogens with zero attached hydrogens (tertiary/aromatic N) is 3. The summed E-state index contributed by atoms with van der Waals surface area (Å²) in [6, 6.07) is 2.02. The Balaban J connectivity index is 2.20. The quantitative estimate of drug-likeness (QED) is 0.863. The van der Waals surface area contributed by atoms with E-state index in [0.29, 0.717) is 0 Å². The molecule has 0 amide bonds. The van der Waals surface area contributed by atoms with Crippen LogP contribution in [0.4, 0.5) is 11.6 Å². The van der Waals surface area contributed by atoms with E-state index in [1.54, 1.807) is 0 Å². The second kappa shape index (κ2) is 6.88. The average Bonchev–Trinajstić information content (AvgIpc) is 2.42. The van der Waals surface area contributed by atoms with E-state index < -0.39 is 0 Å². The molecule has 0 radical (unpaired) electrons. The van der Waals surface area contributed by atoms with Gasteiger partial charge in [-0.2, -0.15) is 0 Å². The van der Waals surface area contributed by atoms with Gasteiger partial charge >= 0.3 is 0 Å². The van der Waals surface area contributed by atoms with Crippen molar-refractivity contribution in [3.63, 3.8) is 0 Å². The molecule has 2 atom stereocenters. The van der Waals surface area contributed by atoms with Gasteiger partial charge in [-0.1, -0.05) is 13.8 Å². The third kappa shape index (κ3) is 3.60. The maximum atomic E-state index is 9.85. The maximum Gasteiger partial charge on any atom is 0.134 e. The summed E-state index contributed by atoms with van der Waals surface area (Å²) >= 11 is 0.